The molecule has 0 saturated carbocycles. The molecule has 0 aliphatic heterocycles. The SMILES string of the molecule is COc1ccc(NS(=O)(=O)c2cc(NC(=O)COc3ccc(OC)cc3)ccc2OC)cc1. The zero-order chi connectivity index (χ0) is 23.8. The summed E-state index contributed by atoms with van der Waals surface area (Å²) in [5.41, 5.74) is 0.620. The van der Waals surface area contributed by atoms with Gasteiger partial charge >= 0.3 is 0 Å². The predicted octanol–water partition coefficient (Wildman–Crippen LogP) is 3.53. The minimum absolute atomic E-state index is 0.128. The van der Waals surface area contributed by atoms with Crippen molar-refractivity contribution in [3.05, 3.63) is 66.7 Å². The third kappa shape index (κ3) is 6.30. The van der Waals surface area contributed by atoms with Crippen molar-refractivity contribution >= 4 is 27.3 Å². The topological polar surface area (TPSA) is 112 Å². The predicted molar refractivity (Wildman–Crippen MR) is 124 cm³/mol. The number of carbonyl (C=O) groups excluding carboxylic acids is 1. The number of ether oxygens (including phenoxy) is 4. The molecule has 0 fully saturated rings. The summed E-state index contributed by atoms with van der Waals surface area (Å²) in [6.45, 7) is -0.259. The van der Waals surface area contributed by atoms with Gasteiger partial charge in [0.05, 0.1) is 21.3 Å². The standard InChI is InChI=1S/C23H24N2O7S/c1-29-18-7-4-16(5-8-18)25-33(27,28)22-14-17(6-13-21(22)31-3)24-23(26)15-32-20-11-9-19(30-2)10-12-20/h4-14,25H,15H2,1-3H3,(H,24,26). The number of methoxy groups -OCH3 is 3. The molecular weight excluding hydrogens is 448 g/mol. The summed E-state index contributed by atoms with van der Waals surface area (Å²) in [4.78, 5) is 12.2. The number of rotatable bonds is 10. The van der Waals surface area contributed by atoms with Crippen molar-refractivity contribution in [2.75, 3.05) is 38.0 Å². The van der Waals surface area contributed by atoms with Crippen molar-refractivity contribution in [2.45, 2.75) is 4.90 Å². The first-order chi connectivity index (χ1) is 15.8. The molecule has 0 radical (unpaired) electrons. The van der Waals surface area contributed by atoms with Crippen LogP contribution < -0.4 is 29.0 Å². The van der Waals surface area contributed by atoms with Gasteiger partial charge in [0, 0.05) is 11.4 Å². The monoisotopic (exact) mass is 472 g/mol. The maximum absolute atomic E-state index is 13.0. The Kier molecular flexibility index (Phi) is 7.62. The average Bonchev–Trinajstić information content (AvgIpc) is 2.83. The third-order valence-electron chi connectivity index (χ3n) is 4.51. The van der Waals surface area contributed by atoms with Crippen molar-refractivity contribution in [3.8, 4) is 23.0 Å². The lowest BCUT2D eigenvalue weighted by atomic mass is 10.3. The second-order valence-corrected chi connectivity index (χ2v) is 8.36. The van der Waals surface area contributed by atoms with Crippen LogP contribution in [0.5, 0.6) is 23.0 Å². The van der Waals surface area contributed by atoms with Gasteiger partial charge in [-0.15, -0.1) is 0 Å². The molecule has 9 nitrogen and oxygen atoms in total. The second-order valence-electron chi connectivity index (χ2n) is 6.71. The van der Waals surface area contributed by atoms with Crippen LogP contribution in [0.15, 0.2) is 71.6 Å². The van der Waals surface area contributed by atoms with E-state index >= 15 is 0 Å². The lowest BCUT2D eigenvalue weighted by molar-refractivity contribution is -0.118. The van der Waals surface area contributed by atoms with Gasteiger partial charge in [-0.1, -0.05) is 0 Å². The van der Waals surface area contributed by atoms with Crippen molar-refractivity contribution in [1.82, 2.24) is 0 Å². The number of carbonyl (C=O) groups is 1. The normalized spacial score (nSPS) is 10.8. The van der Waals surface area contributed by atoms with Crippen LogP contribution in [0.4, 0.5) is 11.4 Å². The first-order valence-electron chi connectivity index (χ1n) is 9.76. The van der Waals surface area contributed by atoms with Crippen LogP contribution >= 0.6 is 0 Å². The van der Waals surface area contributed by atoms with Gasteiger partial charge in [0.2, 0.25) is 0 Å². The van der Waals surface area contributed by atoms with Crippen molar-refractivity contribution in [2.24, 2.45) is 0 Å². The second kappa shape index (κ2) is 10.6. The van der Waals surface area contributed by atoms with Crippen molar-refractivity contribution in [1.29, 1.82) is 0 Å². The van der Waals surface area contributed by atoms with Crippen LogP contribution in [0.3, 0.4) is 0 Å². The van der Waals surface area contributed by atoms with Crippen LogP contribution in [-0.2, 0) is 14.8 Å². The lowest BCUT2D eigenvalue weighted by Crippen LogP contribution is -2.21. The van der Waals surface area contributed by atoms with Gasteiger partial charge in [0.15, 0.2) is 6.61 Å². The smallest absolute Gasteiger partial charge is 0.265 e. The van der Waals surface area contributed by atoms with Crippen molar-refractivity contribution in [3.63, 3.8) is 0 Å². The quantitative estimate of drug-likeness (QED) is 0.464. The number of anilines is 2. The molecule has 0 unspecified atom stereocenters. The molecule has 33 heavy (non-hydrogen) atoms. The van der Waals surface area contributed by atoms with E-state index in [0.29, 0.717) is 22.9 Å². The molecule has 3 aromatic carbocycles. The molecule has 0 aliphatic rings. The van der Waals surface area contributed by atoms with Crippen LogP contribution in [0.2, 0.25) is 0 Å². The molecular formula is C23H24N2O7S. The van der Waals surface area contributed by atoms with Gasteiger partial charge in [-0.3, -0.25) is 9.52 Å². The van der Waals surface area contributed by atoms with Crippen LogP contribution in [0, 0.1) is 0 Å². The Bertz CT molecular complexity index is 1190. The number of hydrogen-bond donors (Lipinski definition) is 2. The highest BCUT2D eigenvalue weighted by Crippen LogP contribution is 2.29. The fourth-order valence-electron chi connectivity index (χ4n) is 2.85. The Morgan fingerprint density at radius 3 is 1.88 bits per heavy atom. The van der Waals surface area contributed by atoms with Gasteiger partial charge in [-0.25, -0.2) is 8.42 Å². The number of nitrogens with one attached hydrogen (secondary N) is 2. The zero-order valence-electron chi connectivity index (χ0n) is 18.3. The van der Waals surface area contributed by atoms with Crippen LogP contribution in [-0.4, -0.2) is 42.3 Å². The molecule has 0 atom stereocenters. The fraction of sp³-hybridized carbons (Fsp3) is 0.174. The first kappa shape index (κ1) is 23.7. The number of sulfonamides is 1. The van der Waals surface area contributed by atoms with Gasteiger partial charge in [0.1, 0.15) is 27.9 Å². The maximum atomic E-state index is 13.0. The maximum Gasteiger partial charge on any atom is 0.265 e. The summed E-state index contributed by atoms with van der Waals surface area (Å²) in [7, 11) is 0.432. The Morgan fingerprint density at radius 1 is 0.758 bits per heavy atom. The minimum atomic E-state index is -4.01. The van der Waals surface area contributed by atoms with E-state index in [1.165, 1.54) is 32.4 Å². The first-order valence-corrected chi connectivity index (χ1v) is 11.2. The zero-order valence-corrected chi connectivity index (χ0v) is 19.1. The largest absolute Gasteiger partial charge is 0.497 e. The highest BCUT2D eigenvalue weighted by Gasteiger charge is 2.21. The summed E-state index contributed by atoms with van der Waals surface area (Å²) >= 11 is 0. The summed E-state index contributed by atoms with van der Waals surface area (Å²) in [5.74, 6) is 1.43. The van der Waals surface area contributed by atoms with Crippen molar-refractivity contribution < 1.29 is 32.2 Å². The Labute approximate surface area is 192 Å². The van der Waals surface area contributed by atoms with E-state index in [9.17, 15) is 13.2 Å². The minimum Gasteiger partial charge on any atom is -0.497 e. The van der Waals surface area contributed by atoms with Crippen LogP contribution in [0.25, 0.3) is 0 Å². The molecule has 0 saturated heterocycles. The summed E-state index contributed by atoms with van der Waals surface area (Å²) in [6.07, 6.45) is 0. The Balaban J connectivity index is 1.71. The number of amides is 1. The summed E-state index contributed by atoms with van der Waals surface area (Å²) < 4.78 is 49.2. The van der Waals surface area contributed by atoms with Gasteiger partial charge in [-0.2, -0.15) is 0 Å². The molecule has 174 valence electrons. The molecule has 0 aliphatic carbocycles. The van der Waals surface area contributed by atoms with Crippen LogP contribution in [0.1, 0.15) is 0 Å². The molecule has 0 spiro atoms. The van der Waals surface area contributed by atoms with Gasteiger partial charge in [-0.05, 0) is 66.7 Å². The van der Waals surface area contributed by atoms with E-state index in [4.69, 9.17) is 18.9 Å². The third-order valence-corrected chi connectivity index (χ3v) is 5.91. The molecule has 0 bridgehead atoms. The Morgan fingerprint density at radius 2 is 1.30 bits per heavy atom. The molecule has 3 rings (SSSR count). The summed E-state index contributed by atoms with van der Waals surface area (Å²) in [6, 6.07) is 17.5. The fourth-order valence-corrected chi connectivity index (χ4v) is 4.11. The van der Waals surface area contributed by atoms with Gasteiger partial charge in [0.25, 0.3) is 15.9 Å². The van der Waals surface area contributed by atoms with Gasteiger partial charge < -0.3 is 24.3 Å². The highest BCUT2D eigenvalue weighted by atomic mass is 32.2. The summed E-state index contributed by atoms with van der Waals surface area (Å²) in [5, 5.41) is 2.62. The van der Waals surface area contributed by atoms with E-state index < -0.39 is 15.9 Å². The number of benzene rings is 3. The molecule has 0 heterocycles. The van der Waals surface area contributed by atoms with E-state index in [0.717, 1.165) is 0 Å². The molecule has 0 aromatic heterocycles. The van der Waals surface area contributed by atoms with E-state index in [-0.39, 0.29) is 22.9 Å². The molecule has 10 heteroatoms. The highest BCUT2D eigenvalue weighted by molar-refractivity contribution is 7.92. The Hall–Kier alpha value is -3.92. The van der Waals surface area contributed by atoms with E-state index in [2.05, 4.69) is 10.0 Å². The molecule has 3 aromatic rings. The average molecular weight is 473 g/mol. The number of hydrogen-bond acceptors (Lipinski definition) is 7. The lowest BCUT2D eigenvalue weighted by Gasteiger charge is -2.14. The molecule has 1 amide bonds. The molecule has 2 N–H and O–H groups in total. The van der Waals surface area contributed by atoms with E-state index in [1.807, 2.05) is 0 Å². The van der Waals surface area contributed by atoms with E-state index in [1.54, 1.807) is 55.6 Å².